The highest BCUT2D eigenvalue weighted by molar-refractivity contribution is 5.92. The molecule has 2 heterocycles. The van der Waals surface area contributed by atoms with Gasteiger partial charge in [0.1, 0.15) is 5.69 Å². The summed E-state index contributed by atoms with van der Waals surface area (Å²) in [7, 11) is 0. The average Bonchev–Trinajstić information content (AvgIpc) is 2.66. The van der Waals surface area contributed by atoms with Crippen LogP contribution in [0.5, 0.6) is 0 Å². The number of piperidine rings is 1. The maximum Gasteiger partial charge on any atom is 0.416 e. The lowest BCUT2D eigenvalue weighted by Crippen LogP contribution is -2.40. The fraction of sp³-hybridized carbons (Fsp3) is 0.400. The van der Waals surface area contributed by atoms with Crippen molar-refractivity contribution in [3.05, 3.63) is 65.5 Å². The van der Waals surface area contributed by atoms with Gasteiger partial charge in [0.2, 0.25) is 0 Å². The van der Waals surface area contributed by atoms with Gasteiger partial charge in [-0.1, -0.05) is 24.3 Å². The summed E-state index contributed by atoms with van der Waals surface area (Å²) in [6.45, 7) is 1.24. The van der Waals surface area contributed by atoms with Crippen LogP contribution in [0.1, 0.15) is 40.9 Å². The van der Waals surface area contributed by atoms with Crippen molar-refractivity contribution < 1.29 is 18.0 Å². The smallest absolute Gasteiger partial charge is 0.337 e. The molecule has 0 saturated carbocycles. The molecule has 3 rings (SSSR count). The minimum Gasteiger partial charge on any atom is -0.337 e. The number of hydrogen-bond donors (Lipinski definition) is 0. The third-order valence-electron chi connectivity index (χ3n) is 4.83. The van der Waals surface area contributed by atoms with E-state index in [0.29, 0.717) is 37.2 Å². The maximum atomic E-state index is 13.1. The number of pyridine rings is 1. The van der Waals surface area contributed by atoms with Gasteiger partial charge in [0.15, 0.2) is 0 Å². The Kier molecular flexibility index (Phi) is 5.59. The van der Waals surface area contributed by atoms with E-state index in [-0.39, 0.29) is 11.8 Å². The number of aryl methyl sites for hydroxylation is 1. The Morgan fingerprint density at radius 1 is 1.15 bits per heavy atom. The molecule has 0 spiro atoms. The van der Waals surface area contributed by atoms with E-state index in [0.717, 1.165) is 18.9 Å². The molecule has 0 bridgehead atoms. The number of carbonyl (C=O) groups excluding carboxylic acids is 1. The van der Waals surface area contributed by atoms with Crippen LogP contribution in [-0.4, -0.2) is 28.9 Å². The van der Waals surface area contributed by atoms with Gasteiger partial charge < -0.3 is 4.90 Å². The summed E-state index contributed by atoms with van der Waals surface area (Å²) in [6, 6.07) is 11.0. The number of hydrogen-bond acceptors (Lipinski definition) is 2. The van der Waals surface area contributed by atoms with Crippen LogP contribution in [0.3, 0.4) is 0 Å². The Labute approximate surface area is 150 Å². The number of aromatic nitrogens is 1. The summed E-state index contributed by atoms with van der Waals surface area (Å²) in [5, 5.41) is 0. The van der Waals surface area contributed by atoms with Gasteiger partial charge in [-0.05, 0) is 55.4 Å². The first-order valence-corrected chi connectivity index (χ1v) is 8.80. The Morgan fingerprint density at radius 2 is 1.92 bits per heavy atom. The van der Waals surface area contributed by atoms with Gasteiger partial charge in [0, 0.05) is 19.3 Å². The summed E-state index contributed by atoms with van der Waals surface area (Å²) in [5.41, 5.74) is 0.181. The van der Waals surface area contributed by atoms with Crippen LogP contribution in [0.2, 0.25) is 0 Å². The number of rotatable bonds is 4. The molecular formula is C20H21F3N2O. The topological polar surface area (TPSA) is 33.2 Å². The second-order valence-electron chi connectivity index (χ2n) is 6.67. The van der Waals surface area contributed by atoms with Gasteiger partial charge in [0.05, 0.1) is 5.56 Å². The molecule has 1 aromatic heterocycles. The quantitative estimate of drug-likeness (QED) is 0.797. The van der Waals surface area contributed by atoms with Crippen molar-refractivity contribution in [2.24, 2.45) is 5.92 Å². The number of likely N-dealkylation sites (tertiary alicyclic amines) is 1. The van der Waals surface area contributed by atoms with E-state index in [1.165, 1.54) is 6.07 Å². The van der Waals surface area contributed by atoms with E-state index in [4.69, 9.17) is 0 Å². The van der Waals surface area contributed by atoms with Gasteiger partial charge in [-0.25, -0.2) is 0 Å². The lowest BCUT2D eigenvalue weighted by Gasteiger charge is -2.32. The van der Waals surface area contributed by atoms with E-state index in [9.17, 15) is 18.0 Å². The summed E-state index contributed by atoms with van der Waals surface area (Å²) >= 11 is 0. The highest BCUT2D eigenvalue weighted by Gasteiger charge is 2.33. The van der Waals surface area contributed by atoms with Crippen LogP contribution < -0.4 is 0 Å². The molecule has 6 heteroatoms. The normalized spacial score (nSPS) is 18.0. The number of amides is 1. The first-order valence-electron chi connectivity index (χ1n) is 8.80. The van der Waals surface area contributed by atoms with Crippen LogP contribution in [0.4, 0.5) is 13.2 Å². The number of benzene rings is 1. The molecule has 1 amide bonds. The molecular weight excluding hydrogens is 341 g/mol. The summed E-state index contributed by atoms with van der Waals surface area (Å²) in [6.07, 6.45) is 0.0578. The van der Waals surface area contributed by atoms with Crippen LogP contribution in [0.15, 0.2) is 48.7 Å². The van der Waals surface area contributed by atoms with E-state index < -0.39 is 11.7 Å². The van der Waals surface area contributed by atoms with Crippen molar-refractivity contribution in [1.82, 2.24) is 9.88 Å². The van der Waals surface area contributed by atoms with Crippen molar-refractivity contribution in [3.63, 3.8) is 0 Å². The summed E-state index contributed by atoms with van der Waals surface area (Å²) in [5.74, 6) is 0.101. The molecule has 3 nitrogen and oxygen atoms in total. The zero-order chi connectivity index (χ0) is 18.6. The van der Waals surface area contributed by atoms with Crippen LogP contribution in [-0.2, 0) is 12.6 Å². The molecule has 2 aromatic rings. The van der Waals surface area contributed by atoms with Crippen LogP contribution in [0, 0.1) is 5.92 Å². The second kappa shape index (κ2) is 7.89. The molecule has 0 unspecified atom stereocenters. The number of nitrogens with zero attached hydrogens (tertiary/aromatic N) is 2. The van der Waals surface area contributed by atoms with Crippen molar-refractivity contribution in [3.8, 4) is 0 Å². The number of alkyl halides is 3. The standard InChI is InChI=1S/C20H21F3N2O/c21-20(22,23)17-8-2-1-7-16(17)11-10-15-6-5-13-25(14-15)19(26)18-9-3-4-12-24-18/h1-4,7-9,12,15H,5-6,10-11,13-14H2/t15-/m1/s1. The Balaban J connectivity index is 1.62. The molecule has 1 fully saturated rings. The molecule has 1 saturated heterocycles. The number of carbonyl (C=O) groups is 1. The lowest BCUT2D eigenvalue weighted by atomic mass is 9.90. The molecule has 0 N–H and O–H groups in total. The monoisotopic (exact) mass is 362 g/mol. The van der Waals surface area contributed by atoms with Gasteiger partial charge in [0.25, 0.3) is 5.91 Å². The zero-order valence-electron chi connectivity index (χ0n) is 14.4. The minimum atomic E-state index is -4.33. The average molecular weight is 362 g/mol. The highest BCUT2D eigenvalue weighted by Crippen LogP contribution is 2.33. The van der Waals surface area contributed by atoms with Crippen molar-refractivity contribution in [1.29, 1.82) is 0 Å². The van der Waals surface area contributed by atoms with E-state index in [1.807, 2.05) is 0 Å². The molecule has 0 aliphatic carbocycles. The first-order chi connectivity index (χ1) is 12.4. The largest absolute Gasteiger partial charge is 0.416 e. The molecule has 1 aliphatic heterocycles. The predicted molar refractivity (Wildman–Crippen MR) is 92.6 cm³/mol. The third-order valence-corrected chi connectivity index (χ3v) is 4.83. The third kappa shape index (κ3) is 4.42. The van der Waals surface area contributed by atoms with Crippen LogP contribution >= 0.6 is 0 Å². The van der Waals surface area contributed by atoms with Gasteiger partial charge >= 0.3 is 6.18 Å². The molecule has 138 valence electrons. The Bertz CT molecular complexity index is 746. The van der Waals surface area contributed by atoms with Gasteiger partial charge in [-0.3, -0.25) is 9.78 Å². The van der Waals surface area contributed by atoms with E-state index >= 15 is 0 Å². The van der Waals surface area contributed by atoms with E-state index in [2.05, 4.69) is 4.98 Å². The summed E-state index contributed by atoms with van der Waals surface area (Å²) < 4.78 is 39.3. The van der Waals surface area contributed by atoms with Gasteiger partial charge in [-0.2, -0.15) is 13.2 Å². The first kappa shape index (κ1) is 18.4. The second-order valence-corrected chi connectivity index (χ2v) is 6.67. The summed E-state index contributed by atoms with van der Waals surface area (Å²) in [4.78, 5) is 18.4. The van der Waals surface area contributed by atoms with Crippen LogP contribution in [0.25, 0.3) is 0 Å². The van der Waals surface area contributed by atoms with Crippen molar-refractivity contribution in [2.75, 3.05) is 13.1 Å². The predicted octanol–water partition coefficient (Wildman–Crippen LogP) is 4.59. The molecule has 1 aliphatic rings. The van der Waals surface area contributed by atoms with Crippen molar-refractivity contribution in [2.45, 2.75) is 31.9 Å². The highest BCUT2D eigenvalue weighted by atomic mass is 19.4. The molecule has 26 heavy (non-hydrogen) atoms. The maximum absolute atomic E-state index is 13.1. The Hall–Kier alpha value is -2.37. The SMILES string of the molecule is O=C(c1ccccn1)N1CCC[C@H](CCc2ccccc2C(F)(F)F)C1. The number of halogens is 3. The molecule has 0 radical (unpaired) electrons. The Morgan fingerprint density at radius 3 is 2.65 bits per heavy atom. The van der Waals surface area contributed by atoms with E-state index in [1.54, 1.807) is 41.4 Å². The lowest BCUT2D eigenvalue weighted by molar-refractivity contribution is -0.138. The fourth-order valence-corrected chi connectivity index (χ4v) is 3.51. The zero-order valence-corrected chi connectivity index (χ0v) is 14.4. The minimum absolute atomic E-state index is 0.106. The van der Waals surface area contributed by atoms with Gasteiger partial charge in [-0.15, -0.1) is 0 Å². The molecule has 1 atom stereocenters. The fourth-order valence-electron chi connectivity index (χ4n) is 3.51. The molecule has 1 aromatic carbocycles. The van der Waals surface area contributed by atoms with Crippen molar-refractivity contribution >= 4 is 5.91 Å².